The molecule has 0 aliphatic carbocycles. The number of aromatic nitrogens is 2. The molecule has 1 aromatic heterocycles. The predicted molar refractivity (Wildman–Crippen MR) is 77.6 cm³/mol. The second-order valence-corrected chi connectivity index (χ2v) is 6.18. The van der Waals surface area contributed by atoms with Crippen LogP contribution in [-0.4, -0.2) is 29.8 Å². The van der Waals surface area contributed by atoms with Crippen molar-refractivity contribution < 1.29 is 9.26 Å². The molecule has 1 aliphatic heterocycles. The van der Waals surface area contributed by atoms with Crippen molar-refractivity contribution in [3.8, 4) is 0 Å². The van der Waals surface area contributed by atoms with Crippen LogP contribution in [0.2, 0.25) is 0 Å². The van der Waals surface area contributed by atoms with Crippen molar-refractivity contribution in [3.63, 3.8) is 0 Å². The first-order chi connectivity index (χ1) is 9.54. The molecule has 1 atom stereocenters. The van der Waals surface area contributed by atoms with Gasteiger partial charge in [-0.1, -0.05) is 18.5 Å². The highest BCUT2D eigenvalue weighted by Crippen LogP contribution is 2.35. The Labute approximate surface area is 121 Å². The number of nitrogens with zero attached hydrogens (tertiary/aromatic N) is 2. The van der Waals surface area contributed by atoms with Crippen LogP contribution in [0.15, 0.2) is 4.52 Å². The Bertz CT molecular complexity index is 417. The summed E-state index contributed by atoms with van der Waals surface area (Å²) in [6.07, 6.45) is 4.47. The summed E-state index contributed by atoms with van der Waals surface area (Å²) in [7, 11) is 0. The average Bonchev–Trinajstić information content (AvgIpc) is 2.91. The fourth-order valence-corrected chi connectivity index (χ4v) is 3.06. The standard InChI is InChI=1S/C15H27N3O2/c1-5-8-15(9-7-10-16-11-15)13-17-12(18-20-13)14(3,4)19-6-2/h16H,5-11H2,1-4H3. The molecule has 5 heteroatoms. The molecule has 20 heavy (non-hydrogen) atoms. The monoisotopic (exact) mass is 281 g/mol. The number of nitrogens with one attached hydrogen (secondary N) is 1. The molecule has 0 spiro atoms. The maximum atomic E-state index is 5.71. The van der Waals surface area contributed by atoms with Crippen molar-refractivity contribution in [1.29, 1.82) is 0 Å². The highest BCUT2D eigenvalue weighted by Gasteiger charge is 2.40. The van der Waals surface area contributed by atoms with Crippen molar-refractivity contribution in [3.05, 3.63) is 11.7 Å². The summed E-state index contributed by atoms with van der Waals surface area (Å²) in [5, 5.41) is 7.64. The van der Waals surface area contributed by atoms with Gasteiger partial charge in [0.2, 0.25) is 11.7 Å². The molecule has 0 aromatic carbocycles. The summed E-state index contributed by atoms with van der Waals surface area (Å²) < 4.78 is 11.3. The molecular formula is C15H27N3O2. The molecule has 2 rings (SSSR count). The van der Waals surface area contributed by atoms with Crippen LogP contribution in [0.25, 0.3) is 0 Å². The molecule has 0 saturated carbocycles. The van der Waals surface area contributed by atoms with Crippen LogP contribution in [0.1, 0.15) is 65.1 Å². The van der Waals surface area contributed by atoms with Crippen LogP contribution in [0.3, 0.4) is 0 Å². The number of ether oxygens (including phenoxy) is 1. The molecular weight excluding hydrogens is 254 g/mol. The molecule has 1 saturated heterocycles. The highest BCUT2D eigenvalue weighted by atomic mass is 16.5. The number of rotatable bonds is 6. The van der Waals surface area contributed by atoms with Gasteiger partial charge in [0.1, 0.15) is 5.60 Å². The largest absolute Gasteiger partial charge is 0.368 e. The van der Waals surface area contributed by atoms with Gasteiger partial charge < -0.3 is 14.6 Å². The fraction of sp³-hybridized carbons (Fsp3) is 0.867. The number of piperidine rings is 1. The van der Waals surface area contributed by atoms with E-state index >= 15 is 0 Å². The van der Waals surface area contributed by atoms with Gasteiger partial charge in [0, 0.05) is 13.2 Å². The Morgan fingerprint density at radius 2 is 2.20 bits per heavy atom. The molecule has 114 valence electrons. The Hall–Kier alpha value is -0.940. The van der Waals surface area contributed by atoms with Crippen LogP contribution in [0, 0.1) is 0 Å². The number of hydrogen-bond acceptors (Lipinski definition) is 5. The summed E-state index contributed by atoms with van der Waals surface area (Å²) in [6, 6.07) is 0. The Kier molecular flexibility index (Phi) is 4.81. The van der Waals surface area contributed by atoms with Crippen molar-refractivity contribution in [2.24, 2.45) is 0 Å². The van der Waals surface area contributed by atoms with Crippen molar-refractivity contribution >= 4 is 0 Å². The zero-order valence-corrected chi connectivity index (χ0v) is 13.2. The van der Waals surface area contributed by atoms with Crippen molar-refractivity contribution in [2.45, 2.75) is 64.4 Å². The summed E-state index contributed by atoms with van der Waals surface area (Å²) >= 11 is 0. The van der Waals surface area contributed by atoms with Crippen molar-refractivity contribution in [1.82, 2.24) is 15.5 Å². The normalized spacial score (nSPS) is 24.0. The van der Waals surface area contributed by atoms with Crippen LogP contribution < -0.4 is 5.32 Å². The van der Waals surface area contributed by atoms with E-state index in [0.29, 0.717) is 12.4 Å². The summed E-state index contributed by atoms with van der Waals surface area (Å²) in [5.41, 5.74) is -0.494. The van der Waals surface area contributed by atoms with E-state index in [1.165, 1.54) is 0 Å². The van der Waals surface area contributed by atoms with E-state index in [0.717, 1.165) is 44.7 Å². The average molecular weight is 281 g/mol. The maximum absolute atomic E-state index is 5.71. The molecule has 1 N–H and O–H groups in total. The minimum Gasteiger partial charge on any atom is -0.368 e. The first-order valence-corrected chi connectivity index (χ1v) is 7.73. The molecule has 1 unspecified atom stereocenters. The van der Waals surface area contributed by atoms with Gasteiger partial charge in [0.15, 0.2) is 0 Å². The lowest BCUT2D eigenvalue weighted by Gasteiger charge is -2.34. The molecule has 1 fully saturated rings. The van der Waals surface area contributed by atoms with E-state index in [4.69, 9.17) is 9.26 Å². The minimum absolute atomic E-state index is 0.000540. The molecule has 2 heterocycles. The third kappa shape index (κ3) is 3.04. The van der Waals surface area contributed by atoms with Gasteiger partial charge in [-0.3, -0.25) is 0 Å². The van der Waals surface area contributed by atoms with Crippen LogP contribution >= 0.6 is 0 Å². The van der Waals surface area contributed by atoms with Gasteiger partial charge >= 0.3 is 0 Å². The van der Waals surface area contributed by atoms with E-state index in [1.54, 1.807) is 0 Å². The number of hydrogen-bond donors (Lipinski definition) is 1. The van der Waals surface area contributed by atoms with Crippen LogP contribution in [0.4, 0.5) is 0 Å². The van der Waals surface area contributed by atoms with Crippen LogP contribution in [0.5, 0.6) is 0 Å². The second kappa shape index (κ2) is 6.22. The Morgan fingerprint density at radius 3 is 2.80 bits per heavy atom. The summed E-state index contributed by atoms with van der Waals surface area (Å²) in [5.74, 6) is 1.42. The Morgan fingerprint density at radius 1 is 1.40 bits per heavy atom. The summed E-state index contributed by atoms with van der Waals surface area (Å²) in [4.78, 5) is 4.67. The highest BCUT2D eigenvalue weighted by molar-refractivity contribution is 5.10. The lowest BCUT2D eigenvalue weighted by molar-refractivity contribution is -0.0221. The lowest BCUT2D eigenvalue weighted by Crippen LogP contribution is -2.43. The third-order valence-electron chi connectivity index (χ3n) is 4.12. The van der Waals surface area contributed by atoms with Gasteiger partial charge in [-0.15, -0.1) is 0 Å². The first-order valence-electron chi connectivity index (χ1n) is 7.73. The molecule has 0 amide bonds. The second-order valence-electron chi connectivity index (χ2n) is 6.18. The molecule has 0 bridgehead atoms. The quantitative estimate of drug-likeness (QED) is 0.868. The van der Waals surface area contributed by atoms with Crippen molar-refractivity contribution in [2.75, 3.05) is 19.7 Å². The van der Waals surface area contributed by atoms with E-state index in [-0.39, 0.29) is 5.41 Å². The maximum Gasteiger partial charge on any atom is 0.234 e. The van der Waals surface area contributed by atoms with E-state index in [9.17, 15) is 0 Å². The molecule has 1 aromatic rings. The fourth-order valence-electron chi connectivity index (χ4n) is 3.06. The SMILES string of the molecule is CCCC1(c2nc(C(C)(C)OCC)no2)CCCNC1. The lowest BCUT2D eigenvalue weighted by atomic mass is 9.77. The van der Waals surface area contributed by atoms with Gasteiger partial charge in [-0.2, -0.15) is 4.98 Å². The molecule has 1 aliphatic rings. The van der Waals surface area contributed by atoms with Gasteiger partial charge in [0.25, 0.3) is 0 Å². The zero-order valence-electron chi connectivity index (χ0n) is 13.2. The topological polar surface area (TPSA) is 60.2 Å². The zero-order chi connectivity index (χ0) is 14.6. The molecule has 5 nitrogen and oxygen atoms in total. The summed E-state index contributed by atoms with van der Waals surface area (Å²) in [6.45, 7) is 10.8. The third-order valence-corrected chi connectivity index (χ3v) is 4.12. The van der Waals surface area contributed by atoms with E-state index in [2.05, 4.69) is 22.4 Å². The van der Waals surface area contributed by atoms with Gasteiger partial charge in [-0.25, -0.2) is 0 Å². The first kappa shape index (κ1) is 15.4. The van der Waals surface area contributed by atoms with Gasteiger partial charge in [-0.05, 0) is 46.6 Å². The smallest absolute Gasteiger partial charge is 0.234 e. The predicted octanol–water partition coefficient (Wildman–Crippen LogP) is 2.76. The minimum atomic E-state index is -0.494. The van der Waals surface area contributed by atoms with E-state index < -0.39 is 5.60 Å². The Balaban J connectivity index is 2.25. The molecule has 0 radical (unpaired) electrons. The van der Waals surface area contributed by atoms with Crippen LogP contribution in [-0.2, 0) is 15.8 Å². The van der Waals surface area contributed by atoms with E-state index in [1.807, 2.05) is 20.8 Å². The van der Waals surface area contributed by atoms with Gasteiger partial charge in [0.05, 0.1) is 5.41 Å².